The molecule has 2 aromatic rings. The largest absolute Gasteiger partial charge is 0.374 e. The molecule has 0 radical (unpaired) electrons. The van der Waals surface area contributed by atoms with Crippen molar-refractivity contribution >= 4 is 19.1 Å². The minimum atomic E-state index is -1.00. The van der Waals surface area contributed by atoms with E-state index in [0.29, 0.717) is 6.61 Å². The monoisotopic (exact) mass is 249 g/mol. The molecule has 0 atom stereocenters. The summed E-state index contributed by atoms with van der Waals surface area (Å²) >= 11 is 0. The third-order valence-corrected chi connectivity index (χ3v) is 4.28. The van der Waals surface area contributed by atoms with Crippen LogP contribution in [0.1, 0.15) is 5.82 Å². The first-order valence-corrected chi connectivity index (χ1v) is 9.62. The van der Waals surface area contributed by atoms with Gasteiger partial charge in [0.25, 0.3) is 0 Å². The van der Waals surface area contributed by atoms with Crippen molar-refractivity contribution in [2.24, 2.45) is 0 Å². The van der Waals surface area contributed by atoms with Crippen LogP contribution in [0.5, 0.6) is 0 Å². The maximum Gasteiger partial charge on any atom is 0.156 e. The molecule has 5 heteroatoms. The summed E-state index contributed by atoms with van der Waals surface area (Å²) in [4.78, 5) is 11.7. The maximum absolute atomic E-state index is 5.62. The Morgan fingerprint density at radius 3 is 2.94 bits per heavy atom. The molecule has 0 aliphatic carbocycles. The molecule has 0 aliphatic rings. The molecule has 2 aromatic heterocycles. The van der Waals surface area contributed by atoms with E-state index < -0.39 is 8.07 Å². The average molecular weight is 249 g/mol. The Kier molecular flexibility index (Phi) is 3.59. The first-order chi connectivity index (χ1) is 8.04. The summed E-state index contributed by atoms with van der Waals surface area (Å²) in [5.74, 6) is 0.746. The van der Waals surface area contributed by atoms with E-state index in [0.717, 1.165) is 23.5 Å². The number of rotatable bonds is 5. The first kappa shape index (κ1) is 12.3. The predicted octanol–water partition coefficient (Wildman–Crippen LogP) is 2.81. The quantitative estimate of drug-likeness (QED) is 0.655. The van der Waals surface area contributed by atoms with E-state index in [4.69, 9.17) is 4.74 Å². The van der Waals surface area contributed by atoms with E-state index in [1.807, 2.05) is 18.5 Å². The molecule has 1 N–H and O–H groups in total. The fraction of sp³-hybridized carbons (Fsp3) is 0.500. The standard InChI is InChI=1S/C12H19N3OSi/c1-17(2,3)7-6-16-9-11-14-8-10-4-5-13-12(10)15-11/h4-5,8H,6-7,9H2,1-3H3,(H,13,14,15). The molecule has 0 unspecified atom stereocenters. The van der Waals surface area contributed by atoms with E-state index in [-0.39, 0.29) is 0 Å². The Morgan fingerprint density at radius 2 is 2.18 bits per heavy atom. The van der Waals surface area contributed by atoms with Crippen molar-refractivity contribution in [2.45, 2.75) is 32.3 Å². The van der Waals surface area contributed by atoms with Gasteiger partial charge in [-0.1, -0.05) is 19.6 Å². The van der Waals surface area contributed by atoms with Gasteiger partial charge in [-0.2, -0.15) is 0 Å². The zero-order valence-electron chi connectivity index (χ0n) is 10.7. The molecule has 0 saturated heterocycles. The normalized spacial score (nSPS) is 12.2. The topological polar surface area (TPSA) is 50.8 Å². The zero-order valence-corrected chi connectivity index (χ0v) is 11.7. The van der Waals surface area contributed by atoms with E-state index in [2.05, 4.69) is 34.6 Å². The third-order valence-electron chi connectivity index (χ3n) is 2.58. The first-order valence-electron chi connectivity index (χ1n) is 5.91. The van der Waals surface area contributed by atoms with Gasteiger partial charge in [0.15, 0.2) is 5.82 Å². The highest BCUT2D eigenvalue weighted by Gasteiger charge is 2.12. The Hall–Kier alpha value is -1.20. The van der Waals surface area contributed by atoms with Crippen molar-refractivity contribution in [3.05, 3.63) is 24.3 Å². The minimum Gasteiger partial charge on any atom is -0.374 e. The van der Waals surface area contributed by atoms with E-state index in [1.54, 1.807) is 0 Å². The summed E-state index contributed by atoms with van der Waals surface area (Å²) in [5, 5.41) is 1.04. The van der Waals surface area contributed by atoms with Crippen LogP contribution in [0.2, 0.25) is 25.7 Å². The Balaban J connectivity index is 1.86. The fourth-order valence-electron chi connectivity index (χ4n) is 1.49. The molecular formula is C12H19N3OSi. The minimum absolute atomic E-state index is 0.499. The number of nitrogens with one attached hydrogen (secondary N) is 1. The van der Waals surface area contributed by atoms with Gasteiger partial charge in [-0.05, 0) is 12.1 Å². The van der Waals surface area contributed by atoms with Gasteiger partial charge in [0.05, 0.1) is 0 Å². The van der Waals surface area contributed by atoms with Gasteiger partial charge in [-0.25, -0.2) is 9.97 Å². The molecule has 0 aromatic carbocycles. The van der Waals surface area contributed by atoms with Crippen LogP contribution < -0.4 is 0 Å². The Morgan fingerprint density at radius 1 is 1.35 bits per heavy atom. The molecule has 0 bridgehead atoms. The van der Waals surface area contributed by atoms with Gasteiger partial charge in [0.2, 0.25) is 0 Å². The van der Waals surface area contributed by atoms with Crippen molar-refractivity contribution in [3.8, 4) is 0 Å². The molecule has 0 saturated carbocycles. The second-order valence-corrected chi connectivity index (χ2v) is 11.1. The van der Waals surface area contributed by atoms with Crippen LogP contribution in [-0.4, -0.2) is 29.6 Å². The number of nitrogens with zero attached hydrogens (tertiary/aromatic N) is 2. The summed E-state index contributed by atoms with van der Waals surface area (Å²) in [6, 6.07) is 3.14. The summed E-state index contributed by atoms with van der Waals surface area (Å²) in [7, 11) is -1.00. The van der Waals surface area contributed by atoms with Gasteiger partial charge >= 0.3 is 0 Å². The van der Waals surface area contributed by atoms with Crippen LogP contribution >= 0.6 is 0 Å². The second-order valence-electron chi connectivity index (χ2n) is 5.43. The molecule has 2 rings (SSSR count). The lowest BCUT2D eigenvalue weighted by Gasteiger charge is -2.14. The molecule has 4 nitrogen and oxygen atoms in total. The van der Waals surface area contributed by atoms with Crippen LogP contribution in [0.3, 0.4) is 0 Å². The SMILES string of the molecule is C[Si](C)(C)CCOCc1ncc2cc[nH]c2n1. The number of ether oxygens (including phenoxy) is 1. The van der Waals surface area contributed by atoms with Crippen molar-refractivity contribution in [3.63, 3.8) is 0 Å². The van der Waals surface area contributed by atoms with Crippen LogP contribution in [0.25, 0.3) is 11.0 Å². The molecular weight excluding hydrogens is 230 g/mol. The Labute approximate surface area is 102 Å². The number of hydrogen-bond donors (Lipinski definition) is 1. The average Bonchev–Trinajstić information content (AvgIpc) is 2.70. The van der Waals surface area contributed by atoms with Gasteiger partial charge in [-0.3, -0.25) is 0 Å². The molecule has 17 heavy (non-hydrogen) atoms. The van der Waals surface area contributed by atoms with Crippen molar-refractivity contribution in [1.82, 2.24) is 15.0 Å². The molecule has 0 fully saturated rings. The lowest BCUT2D eigenvalue weighted by molar-refractivity contribution is 0.127. The van der Waals surface area contributed by atoms with E-state index >= 15 is 0 Å². The lowest BCUT2D eigenvalue weighted by atomic mass is 10.4. The summed E-state index contributed by atoms with van der Waals surface area (Å²) in [6.07, 6.45) is 3.70. The molecule has 2 heterocycles. The van der Waals surface area contributed by atoms with Crippen LogP contribution in [0.4, 0.5) is 0 Å². The summed E-state index contributed by atoms with van der Waals surface area (Å²) in [6.45, 7) is 8.34. The second kappa shape index (κ2) is 4.97. The number of hydrogen-bond acceptors (Lipinski definition) is 3. The molecule has 92 valence electrons. The fourth-order valence-corrected chi connectivity index (χ4v) is 2.24. The number of aromatic nitrogens is 3. The van der Waals surface area contributed by atoms with Crippen LogP contribution in [-0.2, 0) is 11.3 Å². The number of aromatic amines is 1. The molecule has 0 spiro atoms. The van der Waals surface area contributed by atoms with Crippen molar-refractivity contribution < 1.29 is 4.74 Å². The summed E-state index contributed by atoms with van der Waals surface area (Å²) in [5.41, 5.74) is 0.879. The third kappa shape index (κ3) is 3.64. The number of H-pyrrole nitrogens is 1. The summed E-state index contributed by atoms with van der Waals surface area (Å²) < 4.78 is 5.62. The zero-order chi connectivity index (χ0) is 12.3. The highest BCUT2D eigenvalue weighted by Crippen LogP contribution is 2.10. The lowest BCUT2D eigenvalue weighted by Crippen LogP contribution is -2.21. The van der Waals surface area contributed by atoms with E-state index in [9.17, 15) is 0 Å². The van der Waals surface area contributed by atoms with Gasteiger partial charge in [0.1, 0.15) is 12.3 Å². The van der Waals surface area contributed by atoms with Crippen molar-refractivity contribution in [2.75, 3.05) is 6.61 Å². The molecule has 0 amide bonds. The smallest absolute Gasteiger partial charge is 0.156 e. The molecule has 0 aliphatic heterocycles. The maximum atomic E-state index is 5.62. The van der Waals surface area contributed by atoms with Crippen LogP contribution in [0.15, 0.2) is 18.5 Å². The van der Waals surface area contributed by atoms with E-state index in [1.165, 1.54) is 6.04 Å². The van der Waals surface area contributed by atoms with Gasteiger partial charge < -0.3 is 9.72 Å². The Bertz CT molecular complexity index is 490. The highest BCUT2D eigenvalue weighted by molar-refractivity contribution is 6.76. The van der Waals surface area contributed by atoms with Crippen molar-refractivity contribution in [1.29, 1.82) is 0 Å². The van der Waals surface area contributed by atoms with Crippen LogP contribution in [0, 0.1) is 0 Å². The highest BCUT2D eigenvalue weighted by atomic mass is 28.3. The number of fused-ring (bicyclic) bond motifs is 1. The van der Waals surface area contributed by atoms with Gasteiger partial charge in [0, 0.05) is 32.5 Å². The van der Waals surface area contributed by atoms with Gasteiger partial charge in [-0.15, -0.1) is 0 Å². The predicted molar refractivity (Wildman–Crippen MR) is 71.7 cm³/mol.